The van der Waals surface area contributed by atoms with Gasteiger partial charge in [-0.2, -0.15) is 0 Å². The summed E-state index contributed by atoms with van der Waals surface area (Å²) in [5.74, 6) is 0.295. The summed E-state index contributed by atoms with van der Waals surface area (Å²) in [6.45, 7) is 5.64. The fourth-order valence-corrected chi connectivity index (χ4v) is 10.1. The summed E-state index contributed by atoms with van der Waals surface area (Å²) in [7, 11) is -2.34. The molecule has 0 radical (unpaired) electrons. The van der Waals surface area contributed by atoms with Crippen LogP contribution in [-0.2, 0) is 26.6 Å². The molecule has 0 unspecified atom stereocenters. The van der Waals surface area contributed by atoms with Crippen LogP contribution < -0.4 is 14.4 Å². The molecule has 8 nitrogen and oxygen atoms in total. The van der Waals surface area contributed by atoms with Crippen LogP contribution in [0, 0.1) is 17.8 Å². The number of amides is 1. The van der Waals surface area contributed by atoms with Crippen molar-refractivity contribution in [3.8, 4) is 5.75 Å². The van der Waals surface area contributed by atoms with E-state index in [1.165, 1.54) is 11.1 Å². The summed E-state index contributed by atoms with van der Waals surface area (Å²) < 4.78 is 42.2. The zero-order chi connectivity index (χ0) is 32.0. The molecule has 6 atom stereocenters. The van der Waals surface area contributed by atoms with Crippen molar-refractivity contribution in [2.24, 2.45) is 17.8 Å². The molecule has 2 N–H and O–H groups in total. The average molecular weight is 657 g/mol. The summed E-state index contributed by atoms with van der Waals surface area (Å²) in [5.41, 5.74) is 2.80. The monoisotopic (exact) mass is 656 g/mol. The van der Waals surface area contributed by atoms with E-state index in [4.69, 9.17) is 21.1 Å². The van der Waals surface area contributed by atoms with E-state index in [-0.39, 0.29) is 35.8 Å². The van der Waals surface area contributed by atoms with Crippen LogP contribution >= 0.6 is 11.6 Å². The van der Waals surface area contributed by atoms with E-state index in [9.17, 15) is 18.3 Å². The highest BCUT2D eigenvalue weighted by Gasteiger charge is 2.47. The summed E-state index contributed by atoms with van der Waals surface area (Å²) in [6.07, 6.45) is 9.67. The second-order valence-corrected chi connectivity index (χ2v) is 16.1. The number of fused-ring (bicyclic) bond motifs is 4. The Balaban J connectivity index is 1.45. The van der Waals surface area contributed by atoms with Crippen molar-refractivity contribution in [2.45, 2.75) is 75.1 Å². The number of aliphatic hydroxyl groups is 1. The van der Waals surface area contributed by atoms with Gasteiger partial charge in [0.05, 0.1) is 23.1 Å². The normalized spacial score (nSPS) is 33.5. The first-order chi connectivity index (χ1) is 21.5. The predicted molar refractivity (Wildman–Crippen MR) is 177 cm³/mol. The zero-order valence-corrected chi connectivity index (χ0v) is 28.0. The zero-order valence-electron chi connectivity index (χ0n) is 26.4. The number of benzene rings is 2. The van der Waals surface area contributed by atoms with Gasteiger partial charge in [-0.15, -0.1) is 0 Å². The maximum atomic E-state index is 13.5. The maximum absolute atomic E-state index is 13.5. The van der Waals surface area contributed by atoms with Crippen LogP contribution in [0.1, 0.15) is 73.9 Å². The third-order valence-corrected chi connectivity index (χ3v) is 13.2. The van der Waals surface area contributed by atoms with Crippen molar-refractivity contribution >= 4 is 33.2 Å². The molecule has 45 heavy (non-hydrogen) atoms. The van der Waals surface area contributed by atoms with Gasteiger partial charge in [0.1, 0.15) is 5.75 Å². The maximum Gasteiger partial charge on any atom is 0.264 e. The summed E-state index contributed by atoms with van der Waals surface area (Å²) in [4.78, 5) is 15.9. The molecule has 4 aliphatic rings. The second-order valence-electron chi connectivity index (χ2n) is 13.8. The lowest BCUT2D eigenvalue weighted by Crippen LogP contribution is -2.52. The Bertz CT molecular complexity index is 1580. The van der Waals surface area contributed by atoms with Crippen molar-refractivity contribution in [2.75, 3.05) is 38.3 Å². The number of nitrogens with zero attached hydrogens (tertiary/aromatic N) is 1. The molecule has 2 bridgehead atoms. The molecule has 2 aliphatic carbocycles. The number of carbonyl (C=O) groups excluding carboxylic acids is 1. The average Bonchev–Trinajstić information content (AvgIpc) is 3.14. The number of anilines is 1. The van der Waals surface area contributed by atoms with Crippen LogP contribution in [0.4, 0.5) is 5.69 Å². The van der Waals surface area contributed by atoms with E-state index in [0.29, 0.717) is 31.2 Å². The molecule has 1 fully saturated rings. The fraction of sp³-hybridized carbons (Fsp3) is 0.571. The van der Waals surface area contributed by atoms with Gasteiger partial charge in [-0.05, 0) is 111 Å². The fourth-order valence-electron chi connectivity index (χ4n) is 8.23. The summed E-state index contributed by atoms with van der Waals surface area (Å²) in [5, 5.41) is 9.54. The lowest BCUT2D eigenvalue weighted by atomic mass is 9.64. The Morgan fingerprint density at radius 2 is 2.02 bits per heavy atom. The molecule has 2 aromatic rings. The van der Waals surface area contributed by atoms with Gasteiger partial charge < -0.3 is 19.5 Å². The highest BCUT2D eigenvalue weighted by atomic mass is 35.5. The van der Waals surface area contributed by atoms with E-state index in [1.54, 1.807) is 25.3 Å². The number of carbonyl (C=O) groups is 1. The molecule has 0 aromatic heterocycles. The first kappa shape index (κ1) is 32.4. The SMILES string of the molecule is CO[C@@]1(C)/C=C\C[C@H](C)[C@@H](CCO)S(=O)(=O)NC(=O)c2ccc3c(c2)N(C[C@@H]2CC[C@H]21)C[C@@]1(CCCc2cc(Cl)ccc21)CO3. The van der Waals surface area contributed by atoms with Crippen molar-refractivity contribution < 1.29 is 27.8 Å². The number of ether oxygens (including phenoxy) is 2. The van der Waals surface area contributed by atoms with Crippen LogP contribution in [0.2, 0.25) is 5.02 Å². The van der Waals surface area contributed by atoms with Gasteiger partial charge in [-0.3, -0.25) is 4.79 Å². The first-order valence-electron chi connectivity index (χ1n) is 16.2. The molecule has 1 amide bonds. The van der Waals surface area contributed by atoms with Crippen LogP contribution in [-0.4, -0.2) is 63.7 Å². The highest BCUT2D eigenvalue weighted by Crippen LogP contribution is 2.49. The van der Waals surface area contributed by atoms with Crippen molar-refractivity contribution in [3.05, 3.63) is 70.3 Å². The van der Waals surface area contributed by atoms with Gasteiger partial charge in [0.25, 0.3) is 5.91 Å². The number of methoxy groups -OCH3 is 1. The van der Waals surface area contributed by atoms with E-state index in [0.717, 1.165) is 49.4 Å². The van der Waals surface area contributed by atoms with Gasteiger partial charge in [0, 0.05) is 42.8 Å². The molecule has 1 spiro atoms. The summed E-state index contributed by atoms with van der Waals surface area (Å²) in [6, 6.07) is 11.4. The molecular weight excluding hydrogens is 612 g/mol. The second kappa shape index (κ2) is 12.5. The van der Waals surface area contributed by atoms with Crippen molar-refractivity contribution in [1.82, 2.24) is 4.72 Å². The molecule has 1 saturated carbocycles. The smallest absolute Gasteiger partial charge is 0.264 e. The Kier molecular flexibility index (Phi) is 9.02. The molecule has 10 heteroatoms. The molecule has 6 rings (SSSR count). The highest BCUT2D eigenvalue weighted by molar-refractivity contribution is 7.90. The minimum atomic E-state index is -4.08. The number of nitrogens with one attached hydrogen (secondary N) is 1. The third kappa shape index (κ3) is 6.13. The van der Waals surface area contributed by atoms with E-state index in [2.05, 4.69) is 34.8 Å². The van der Waals surface area contributed by atoms with Gasteiger partial charge in [0.2, 0.25) is 10.0 Å². The number of halogens is 1. The van der Waals surface area contributed by atoms with E-state index in [1.807, 2.05) is 19.1 Å². The van der Waals surface area contributed by atoms with Gasteiger partial charge >= 0.3 is 0 Å². The Morgan fingerprint density at radius 3 is 2.76 bits per heavy atom. The third-order valence-electron chi connectivity index (χ3n) is 11.0. The quantitative estimate of drug-likeness (QED) is 0.412. The molecule has 0 saturated heterocycles. The van der Waals surface area contributed by atoms with Crippen LogP contribution in [0.25, 0.3) is 0 Å². The molecule has 244 valence electrons. The lowest BCUT2D eigenvalue weighted by molar-refractivity contribution is -0.0622. The van der Waals surface area contributed by atoms with Crippen molar-refractivity contribution in [1.29, 1.82) is 0 Å². The Hall–Kier alpha value is -2.59. The number of aliphatic hydroxyl groups excluding tert-OH is 1. The Morgan fingerprint density at radius 1 is 1.20 bits per heavy atom. The Labute approximate surface area is 272 Å². The van der Waals surface area contributed by atoms with E-state index >= 15 is 0 Å². The van der Waals surface area contributed by atoms with Crippen LogP contribution in [0.3, 0.4) is 0 Å². The minimum absolute atomic E-state index is 0.0322. The molecule has 2 aromatic carbocycles. The molecular formula is C35H45ClN2O6S. The van der Waals surface area contributed by atoms with Gasteiger partial charge in [0.15, 0.2) is 0 Å². The standard InChI is InChI=1S/C35H45ClN2O6S/c1-23-6-4-15-34(2,43-3)28-11-8-26(28)20-38-21-35(16-5-7-24-18-27(36)10-12-29(24)35)22-44-31-13-9-25(19-30(31)38)33(40)37-45(41,42)32(23)14-17-39/h4,9-10,12-13,15,18-19,23,26,28,32,39H,5-8,11,14,16-17,20-22H2,1-3H3,(H,37,40)/b15-4-/t23-,26-,28+,32+,34-,35-/m0/s1. The van der Waals surface area contributed by atoms with Gasteiger partial charge in [-0.1, -0.05) is 36.7 Å². The van der Waals surface area contributed by atoms with Gasteiger partial charge in [-0.25, -0.2) is 13.1 Å². The number of aryl methyl sites for hydroxylation is 1. The summed E-state index contributed by atoms with van der Waals surface area (Å²) >= 11 is 6.42. The number of allylic oxidation sites excluding steroid dienone is 1. The largest absolute Gasteiger partial charge is 0.490 e. The van der Waals surface area contributed by atoms with E-state index < -0.39 is 26.8 Å². The van der Waals surface area contributed by atoms with Crippen molar-refractivity contribution in [3.63, 3.8) is 0 Å². The number of sulfonamides is 1. The first-order valence-corrected chi connectivity index (χ1v) is 18.1. The number of rotatable bonds is 3. The van der Waals surface area contributed by atoms with Crippen LogP contribution in [0.5, 0.6) is 5.75 Å². The lowest BCUT2D eigenvalue weighted by Gasteiger charge is -2.49. The minimum Gasteiger partial charge on any atom is -0.490 e. The predicted octanol–water partition coefficient (Wildman–Crippen LogP) is 5.65. The topological polar surface area (TPSA) is 105 Å². The number of hydrogen-bond acceptors (Lipinski definition) is 7. The number of hydrogen-bond donors (Lipinski definition) is 2. The van der Waals surface area contributed by atoms with Crippen LogP contribution in [0.15, 0.2) is 48.6 Å². The molecule has 2 aliphatic heterocycles. The molecule has 2 heterocycles.